The van der Waals surface area contributed by atoms with Crippen molar-refractivity contribution in [2.24, 2.45) is 0 Å². The number of ether oxygens (including phenoxy) is 5. The van der Waals surface area contributed by atoms with Crippen LogP contribution < -0.4 is 29.6 Å². The van der Waals surface area contributed by atoms with Gasteiger partial charge < -0.3 is 28.8 Å². The number of para-hydroxylation sites is 1. The lowest BCUT2D eigenvalue weighted by molar-refractivity contribution is -0.140. The summed E-state index contributed by atoms with van der Waals surface area (Å²) in [4.78, 5) is 48.8. The highest BCUT2D eigenvalue weighted by atomic mass is 127. The SMILES string of the molecule is C=C(I)/C(=C\C(C(=O)Nc1nnc(OCC2CCCCO2)s1)=C(/C)c1ccccc1OC)c1ccc(-c2cc(C)ncc2C(=O)Nc2nnc(OCc3ccc(C4(C(=O)O)CC4)cn3)s2)c(OC)c1. The van der Waals surface area contributed by atoms with Gasteiger partial charge in [0.15, 0.2) is 0 Å². The van der Waals surface area contributed by atoms with E-state index in [1.165, 1.54) is 13.3 Å². The molecule has 6 aromatic rings. The predicted octanol–water partition coefficient (Wildman–Crippen LogP) is 9.51. The summed E-state index contributed by atoms with van der Waals surface area (Å²) >= 11 is 4.29. The summed E-state index contributed by atoms with van der Waals surface area (Å²) in [5.74, 6) is -0.757. The number of carboxylic acid groups (broad SMARTS) is 1. The Balaban J connectivity index is 1.03. The molecule has 1 unspecified atom stereocenters. The van der Waals surface area contributed by atoms with E-state index in [0.717, 1.165) is 41.9 Å². The van der Waals surface area contributed by atoms with E-state index in [0.29, 0.717) is 102 Å². The van der Waals surface area contributed by atoms with Crippen LogP contribution in [0.5, 0.6) is 21.9 Å². The Labute approximate surface area is 419 Å². The lowest BCUT2D eigenvalue weighted by Gasteiger charge is -2.21. The maximum absolute atomic E-state index is 14.4. The van der Waals surface area contributed by atoms with Crippen molar-refractivity contribution in [3.8, 4) is 33.0 Å². The van der Waals surface area contributed by atoms with E-state index in [9.17, 15) is 19.5 Å². The molecule has 2 amide bonds. The van der Waals surface area contributed by atoms with Crippen molar-refractivity contribution in [1.82, 2.24) is 30.4 Å². The minimum absolute atomic E-state index is 0.0135. The number of amides is 2. The summed E-state index contributed by atoms with van der Waals surface area (Å²) in [5, 5.41) is 32.8. The Kier molecular flexibility index (Phi) is 15.4. The van der Waals surface area contributed by atoms with Gasteiger partial charge in [-0.3, -0.25) is 35.0 Å². The van der Waals surface area contributed by atoms with Crippen LogP contribution in [0.15, 0.2) is 94.9 Å². The molecular weight excluding hydrogens is 1040 g/mol. The number of allylic oxidation sites excluding steroid dienone is 3. The largest absolute Gasteiger partial charge is 0.496 e. The van der Waals surface area contributed by atoms with E-state index >= 15 is 0 Å². The number of hydrogen-bond donors (Lipinski definition) is 3. The van der Waals surface area contributed by atoms with Crippen molar-refractivity contribution in [2.75, 3.05) is 38.1 Å². The average molecular weight is 1080 g/mol. The van der Waals surface area contributed by atoms with Crippen LogP contribution in [0.1, 0.15) is 77.5 Å². The van der Waals surface area contributed by atoms with Crippen LogP contribution in [-0.2, 0) is 26.3 Å². The number of rotatable bonds is 19. The summed E-state index contributed by atoms with van der Waals surface area (Å²) in [6.07, 6.45) is 9.02. The van der Waals surface area contributed by atoms with Crippen LogP contribution >= 0.6 is 45.3 Å². The van der Waals surface area contributed by atoms with Gasteiger partial charge in [-0.05, 0) is 144 Å². The van der Waals surface area contributed by atoms with Crippen molar-refractivity contribution < 1.29 is 43.2 Å². The number of pyridine rings is 2. The van der Waals surface area contributed by atoms with Crippen molar-refractivity contribution >= 4 is 84.5 Å². The Bertz CT molecular complexity index is 2960. The van der Waals surface area contributed by atoms with Gasteiger partial charge in [-0.1, -0.05) is 53.2 Å². The van der Waals surface area contributed by atoms with E-state index < -0.39 is 23.2 Å². The molecule has 5 heterocycles. The molecule has 0 spiro atoms. The summed E-state index contributed by atoms with van der Waals surface area (Å²) < 4.78 is 29.8. The molecule has 1 saturated heterocycles. The predicted molar refractivity (Wildman–Crippen MR) is 270 cm³/mol. The van der Waals surface area contributed by atoms with Gasteiger partial charge in [-0.2, -0.15) is 0 Å². The van der Waals surface area contributed by atoms with E-state index in [4.69, 9.17) is 23.7 Å². The second-order valence-corrected chi connectivity index (χ2v) is 19.3. The van der Waals surface area contributed by atoms with Gasteiger partial charge in [0.25, 0.3) is 22.2 Å². The Morgan fingerprint density at radius 1 is 0.884 bits per heavy atom. The fourth-order valence-corrected chi connectivity index (χ4v) is 9.36. The number of carbonyl (C=O) groups excluding carboxylic acids is 2. The molecule has 0 radical (unpaired) electrons. The normalized spacial score (nSPS) is 15.6. The molecule has 4 aromatic heterocycles. The van der Waals surface area contributed by atoms with Gasteiger partial charge in [0.05, 0.1) is 37.0 Å². The van der Waals surface area contributed by atoms with Gasteiger partial charge in [-0.25, -0.2) is 0 Å². The van der Waals surface area contributed by atoms with Crippen molar-refractivity contribution in [3.05, 3.63) is 129 Å². The standard InChI is InChI=1S/C49H47IN8O9S2/c1-27-20-38(39(24-51-27)43(60)54-46-56-57-47(68-46)66-25-32-15-14-31(23-52-32)49(17-18-49)44(61)62)35-16-13-30(21-41(35)64-5)37(29(3)50)22-36(28(2)34-11-6-7-12-40(34)63-4)42(59)53-45-55-58-48(69-45)67-26-33-10-8-9-19-65-33/h6-7,11-16,20-24,33H,3,8-10,17-19,25-26H2,1-2,4-5H3,(H,61,62)(H,53,55,59)(H,54,56,60)/b36-28-,37-22+. The molecule has 2 fully saturated rings. The zero-order valence-electron chi connectivity index (χ0n) is 38.0. The number of nitrogens with one attached hydrogen (secondary N) is 2. The first kappa shape index (κ1) is 48.8. The maximum atomic E-state index is 14.4. The first-order valence-electron chi connectivity index (χ1n) is 21.8. The van der Waals surface area contributed by atoms with Crippen LogP contribution in [0, 0.1) is 6.92 Å². The van der Waals surface area contributed by atoms with Crippen LogP contribution in [0.3, 0.4) is 0 Å². The minimum Gasteiger partial charge on any atom is -0.496 e. The number of nitrogens with zero attached hydrogens (tertiary/aromatic N) is 6. The molecular formula is C49H47IN8O9S2. The zero-order valence-corrected chi connectivity index (χ0v) is 41.8. The van der Waals surface area contributed by atoms with Crippen molar-refractivity contribution in [3.63, 3.8) is 0 Å². The Morgan fingerprint density at radius 2 is 1.62 bits per heavy atom. The fraction of sp³-hybridized carbons (Fsp3) is 0.286. The molecule has 17 nitrogen and oxygen atoms in total. The van der Waals surface area contributed by atoms with E-state index in [1.807, 2.05) is 56.3 Å². The smallest absolute Gasteiger partial charge is 0.314 e. The first-order valence-corrected chi connectivity index (χ1v) is 24.5. The Hall–Kier alpha value is -6.62. The third-order valence-electron chi connectivity index (χ3n) is 11.6. The summed E-state index contributed by atoms with van der Waals surface area (Å²) in [6, 6.07) is 18.3. The molecule has 2 aliphatic rings. The van der Waals surface area contributed by atoms with Gasteiger partial charge in [0.2, 0.25) is 10.3 Å². The number of aliphatic carboxylic acids is 1. The van der Waals surface area contributed by atoms with E-state index in [1.54, 1.807) is 37.6 Å². The molecule has 1 atom stereocenters. The molecule has 20 heteroatoms. The number of anilines is 2. The van der Waals surface area contributed by atoms with Gasteiger partial charge in [0.1, 0.15) is 24.7 Å². The molecule has 69 heavy (non-hydrogen) atoms. The highest BCUT2D eigenvalue weighted by Gasteiger charge is 2.52. The molecule has 1 aliphatic carbocycles. The lowest BCUT2D eigenvalue weighted by Crippen LogP contribution is -2.25. The third-order valence-corrected chi connectivity index (χ3v) is 13.7. The van der Waals surface area contributed by atoms with Gasteiger partial charge >= 0.3 is 5.97 Å². The summed E-state index contributed by atoms with van der Waals surface area (Å²) in [5.41, 5.74) is 5.43. The second-order valence-electron chi connectivity index (χ2n) is 16.2. The molecule has 356 valence electrons. The number of hydrogen-bond acceptors (Lipinski definition) is 16. The molecule has 2 aromatic carbocycles. The minimum atomic E-state index is -0.848. The van der Waals surface area contributed by atoms with Crippen LogP contribution in [-0.4, -0.2) is 86.8 Å². The third kappa shape index (κ3) is 11.5. The number of halogens is 1. The molecule has 1 aliphatic heterocycles. The van der Waals surface area contributed by atoms with E-state index in [2.05, 4.69) is 70.2 Å². The second kappa shape index (κ2) is 21.8. The lowest BCUT2D eigenvalue weighted by atomic mass is 9.93. The van der Waals surface area contributed by atoms with Crippen LogP contribution in [0.2, 0.25) is 0 Å². The van der Waals surface area contributed by atoms with Gasteiger partial charge in [-0.15, -0.1) is 10.2 Å². The topological polar surface area (TPSA) is 219 Å². The van der Waals surface area contributed by atoms with Crippen LogP contribution in [0.25, 0.3) is 22.3 Å². The summed E-state index contributed by atoms with van der Waals surface area (Å²) in [7, 11) is 3.12. The highest BCUT2D eigenvalue weighted by Crippen LogP contribution is 2.48. The number of methoxy groups -OCH3 is 2. The van der Waals surface area contributed by atoms with Crippen LogP contribution in [0.4, 0.5) is 10.3 Å². The number of aryl methyl sites for hydroxylation is 1. The zero-order chi connectivity index (χ0) is 48.7. The molecule has 8 rings (SSSR count). The number of carboxylic acids is 1. The highest BCUT2D eigenvalue weighted by molar-refractivity contribution is 14.1. The number of carbonyl (C=O) groups is 3. The fourth-order valence-electron chi connectivity index (χ4n) is 7.70. The summed E-state index contributed by atoms with van der Waals surface area (Å²) in [6.45, 7) is 9.07. The molecule has 3 N–H and O–H groups in total. The quantitative estimate of drug-likeness (QED) is 0.0391. The number of aromatic nitrogens is 6. The monoisotopic (exact) mass is 1080 g/mol. The molecule has 0 bridgehead atoms. The number of benzene rings is 2. The van der Waals surface area contributed by atoms with Crippen molar-refractivity contribution in [1.29, 1.82) is 0 Å². The van der Waals surface area contributed by atoms with Crippen molar-refractivity contribution in [2.45, 2.75) is 64.1 Å². The van der Waals surface area contributed by atoms with Gasteiger partial charge in [0, 0.05) is 50.5 Å². The molecule has 1 saturated carbocycles. The van der Waals surface area contributed by atoms with E-state index in [-0.39, 0.29) is 33.7 Å². The Morgan fingerprint density at radius 3 is 2.29 bits per heavy atom. The maximum Gasteiger partial charge on any atom is 0.314 e. The first-order chi connectivity index (χ1) is 33.3. The average Bonchev–Trinajstić information content (AvgIpc) is 3.87.